The number of fused-ring (bicyclic) bond motifs is 1. The molecule has 1 aliphatic heterocycles. The van der Waals surface area contributed by atoms with Crippen molar-refractivity contribution in [3.05, 3.63) is 62.8 Å². The van der Waals surface area contributed by atoms with E-state index < -0.39 is 5.56 Å². The Labute approximate surface area is 186 Å². The summed E-state index contributed by atoms with van der Waals surface area (Å²) < 4.78 is 13.6. The number of phenolic OH excluding ortho intramolecular Hbond substituents is 1. The molecule has 1 aromatic heterocycles. The molecule has 4 rings (SSSR count). The van der Waals surface area contributed by atoms with Crippen molar-refractivity contribution in [2.24, 2.45) is 0 Å². The standard InChI is InChI=1S/C24H29N3O5/c1-4-25-11-9-17(10-12-25)27-20-7-6-18(28)14-19(20)23(29)26(24(27)30)15-16-5-8-21(31-2)22(13-16)32-3/h5-8,13-14,17,28H,4,9-12,15H2,1-3H3. The normalized spacial score (nSPS) is 15.2. The van der Waals surface area contributed by atoms with Gasteiger partial charge >= 0.3 is 5.69 Å². The van der Waals surface area contributed by atoms with Crippen LogP contribution >= 0.6 is 0 Å². The van der Waals surface area contributed by atoms with Crippen LogP contribution in [-0.4, -0.2) is 53.0 Å². The Morgan fingerprint density at radius 3 is 2.38 bits per heavy atom. The van der Waals surface area contributed by atoms with Crippen LogP contribution in [0.5, 0.6) is 17.2 Å². The van der Waals surface area contributed by atoms with E-state index in [9.17, 15) is 14.7 Å². The molecule has 170 valence electrons. The summed E-state index contributed by atoms with van der Waals surface area (Å²) in [6, 6.07) is 9.96. The molecule has 8 heteroatoms. The van der Waals surface area contributed by atoms with E-state index in [1.54, 1.807) is 37.0 Å². The molecule has 1 saturated heterocycles. The maximum absolute atomic E-state index is 13.6. The molecule has 0 atom stereocenters. The van der Waals surface area contributed by atoms with Crippen LogP contribution in [0.3, 0.4) is 0 Å². The molecule has 2 aromatic carbocycles. The minimum atomic E-state index is -0.419. The average molecular weight is 440 g/mol. The highest BCUT2D eigenvalue weighted by Crippen LogP contribution is 2.28. The average Bonchev–Trinajstić information content (AvgIpc) is 2.82. The van der Waals surface area contributed by atoms with E-state index in [0.717, 1.165) is 38.0 Å². The van der Waals surface area contributed by atoms with E-state index in [2.05, 4.69) is 11.8 Å². The number of benzene rings is 2. The fourth-order valence-electron chi connectivity index (χ4n) is 4.52. The predicted molar refractivity (Wildman–Crippen MR) is 123 cm³/mol. The van der Waals surface area contributed by atoms with Gasteiger partial charge in [-0.15, -0.1) is 0 Å². The van der Waals surface area contributed by atoms with Gasteiger partial charge in [-0.2, -0.15) is 0 Å². The van der Waals surface area contributed by atoms with Crippen LogP contribution in [-0.2, 0) is 6.54 Å². The van der Waals surface area contributed by atoms with Crippen molar-refractivity contribution < 1.29 is 14.6 Å². The van der Waals surface area contributed by atoms with Crippen molar-refractivity contribution in [3.63, 3.8) is 0 Å². The molecular weight excluding hydrogens is 410 g/mol. The number of ether oxygens (including phenoxy) is 2. The maximum atomic E-state index is 13.6. The molecule has 0 saturated carbocycles. The summed E-state index contributed by atoms with van der Waals surface area (Å²) in [5, 5.41) is 10.4. The van der Waals surface area contributed by atoms with Gasteiger partial charge in [-0.05, 0) is 55.3 Å². The van der Waals surface area contributed by atoms with Gasteiger partial charge in [0, 0.05) is 19.1 Å². The van der Waals surface area contributed by atoms with E-state index in [1.807, 2.05) is 6.07 Å². The van der Waals surface area contributed by atoms with Crippen LogP contribution in [0.1, 0.15) is 31.4 Å². The Bertz CT molecular complexity index is 1240. The highest BCUT2D eigenvalue weighted by atomic mass is 16.5. The van der Waals surface area contributed by atoms with Gasteiger partial charge in [0.05, 0.1) is 31.7 Å². The van der Waals surface area contributed by atoms with Gasteiger partial charge in [-0.25, -0.2) is 4.79 Å². The Morgan fingerprint density at radius 1 is 1.00 bits per heavy atom. The van der Waals surface area contributed by atoms with Crippen molar-refractivity contribution >= 4 is 10.9 Å². The van der Waals surface area contributed by atoms with Crippen LogP contribution < -0.4 is 20.7 Å². The Hall–Kier alpha value is -3.26. The molecule has 1 fully saturated rings. The first-order chi connectivity index (χ1) is 15.5. The Balaban J connectivity index is 1.84. The molecular formula is C24H29N3O5. The summed E-state index contributed by atoms with van der Waals surface area (Å²) in [6.07, 6.45) is 1.66. The number of rotatable bonds is 6. The molecule has 0 unspecified atom stereocenters. The third-order valence-corrected chi connectivity index (χ3v) is 6.31. The number of aromatic nitrogens is 2. The van der Waals surface area contributed by atoms with Crippen molar-refractivity contribution in [1.29, 1.82) is 0 Å². The van der Waals surface area contributed by atoms with Crippen molar-refractivity contribution in [3.8, 4) is 17.2 Å². The smallest absolute Gasteiger partial charge is 0.332 e. The van der Waals surface area contributed by atoms with Crippen LogP contribution in [0, 0.1) is 0 Å². The summed E-state index contributed by atoms with van der Waals surface area (Å²) in [5.41, 5.74) is 0.556. The second kappa shape index (κ2) is 9.08. The fraction of sp³-hybridized carbons (Fsp3) is 0.417. The predicted octanol–water partition coefficient (Wildman–Crippen LogP) is 2.59. The number of phenols is 1. The number of aromatic hydroxyl groups is 1. The lowest BCUT2D eigenvalue weighted by Crippen LogP contribution is -2.44. The van der Waals surface area contributed by atoms with Crippen LogP contribution in [0.4, 0.5) is 0 Å². The van der Waals surface area contributed by atoms with Crippen molar-refractivity contribution in [1.82, 2.24) is 14.0 Å². The highest BCUT2D eigenvalue weighted by Gasteiger charge is 2.24. The number of methoxy groups -OCH3 is 2. The second-order valence-corrected chi connectivity index (χ2v) is 8.10. The SMILES string of the molecule is CCN1CCC(n2c(=O)n(Cc3ccc(OC)c(OC)c3)c(=O)c3cc(O)ccc32)CC1. The first-order valence-corrected chi connectivity index (χ1v) is 10.9. The van der Waals surface area contributed by atoms with Crippen LogP contribution in [0.2, 0.25) is 0 Å². The summed E-state index contributed by atoms with van der Waals surface area (Å²) in [7, 11) is 3.10. The zero-order valence-electron chi connectivity index (χ0n) is 18.7. The quantitative estimate of drug-likeness (QED) is 0.636. The van der Waals surface area contributed by atoms with Crippen LogP contribution in [0.15, 0.2) is 46.0 Å². The van der Waals surface area contributed by atoms with Gasteiger partial charge in [-0.3, -0.25) is 13.9 Å². The minimum absolute atomic E-state index is 0.00160. The summed E-state index contributed by atoms with van der Waals surface area (Å²) in [4.78, 5) is 29.3. The molecule has 0 radical (unpaired) electrons. The lowest BCUT2D eigenvalue weighted by Gasteiger charge is -2.33. The van der Waals surface area contributed by atoms with Gasteiger partial charge in [0.1, 0.15) is 5.75 Å². The molecule has 0 spiro atoms. The molecule has 1 N–H and O–H groups in total. The lowest BCUT2D eigenvalue weighted by molar-refractivity contribution is 0.193. The number of nitrogens with zero attached hydrogens (tertiary/aromatic N) is 3. The van der Waals surface area contributed by atoms with E-state index >= 15 is 0 Å². The summed E-state index contributed by atoms with van der Waals surface area (Å²) >= 11 is 0. The van der Waals surface area contributed by atoms with Crippen molar-refractivity contribution in [2.75, 3.05) is 33.9 Å². The largest absolute Gasteiger partial charge is 0.508 e. The van der Waals surface area contributed by atoms with Gasteiger partial charge in [0.25, 0.3) is 5.56 Å². The van der Waals surface area contributed by atoms with Gasteiger partial charge in [-0.1, -0.05) is 13.0 Å². The molecule has 1 aliphatic rings. The number of hydrogen-bond donors (Lipinski definition) is 1. The topological polar surface area (TPSA) is 85.9 Å². The van der Waals surface area contributed by atoms with E-state index in [-0.39, 0.29) is 24.0 Å². The third kappa shape index (κ3) is 3.98. The molecule has 2 heterocycles. The van der Waals surface area contributed by atoms with Crippen LogP contribution in [0.25, 0.3) is 10.9 Å². The molecule has 0 amide bonds. The second-order valence-electron chi connectivity index (χ2n) is 8.10. The summed E-state index contributed by atoms with van der Waals surface area (Å²) in [5.74, 6) is 1.11. The molecule has 0 aliphatic carbocycles. The van der Waals surface area contributed by atoms with E-state index in [0.29, 0.717) is 22.4 Å². The van der Waals surface area contributed by atoms with Gasteiger partial charge in [0.2, 0.25) is 0 Å². The monoisotopic (exact) mass is 439 g/mol. The third-order valence-electron chi connectivity index (χ3n) is 6.31. The first-order valence-electron chi connectivity index (χ1n) is 10.9. The summed E-state index contributed by atoms with van der Waals surface area (Å²) in [6.45, 7) is 5.02. The molecule has 3 aromatic rings. The lowest BCUT2D eigenvalue weighted by atomic mass is 10.0. The number of piperidine rings is 1. The van der Waals surface area contributed by atoms with E-state index in [1.165, 1.54) is 16.7 Å². The zero-order chi connectivity index (χ0) is 22.8. The van der Waals surface area contributed by atoms with Crippen molar-refractivity contribution in [2.45, 2.75) is 32.4 Å². The Morgan fingerprint density at radius 2 is 1.72 bits per heavy atom. The number of hydrogen-bond acceptors (Lipinski definition) is 6. The Kier molecular flexibility index (Phi) is 6.23. The van der Waals surface area contributed by atoms with Gasteiger partial charge < -0.3 is 19.5 Å². The molecule has 0 bridgehead atoms. The maximum Gasteiger partial charge on any atom is 0.332 e. The molecule has 32 heavy (non-hydrogen) atoms. The zero-order valence-corrected chi connectivity index (χ0v) is 18.7. The first kappa shape index (κ1) is 22.0. The van der Waals surface area contributed by atoms with Gasteiger partial charge in [0.15, 0.2) is 11.5 Å². The molecule has 8 nitrogen and oxygen atoms in total. The highest BCUT2D eigenvalue weighted by molar-refractivity contribution is 5.79. The fourth-order valence-corrected chi connectivity index (χ4v) is 4.52. The van der Waals surface area contributed by atoms with E-state index in [4.69, 9.17) is 9.47 Å². The number of likely N-dealkylation sites (tertiary alicyclic amines) is 1. The minimum Gasteiger partial charge on any atom is -0.508 e.